The Kier molecular flexibility index (Phi) is 16.6. The minimum atomic E-state index is -0.193. The van der Waals surface area contributed by atoms with E-state index < -0.39 is 0 Å². The normalized spacial score (nSPS) is 11.8. The molecule has 11 aromatic rings. The van der Waals surface area contributed by atoms with Gasteiger partial charge in [-0.3, -0.25) is 14.5 Å². The number of methoxy groups -OCH3 is 2. The van der Waals surface area contributed by atoms with Crippen LogP contribution in [0.1, 0.15) is 45.5 Å². The van der Waals surface area contributed by atoms with Crippen LogP contribution < -0.4 is 25.7 Å². The number of anilines is 1. The van der Waals surface area contributed by atoms with Crippen LogP contribution in [0.3, 0.4) is 0 Å². The molecular formula is C63H57Cl2N9O5. The van der Waals surface area contributed by atoms with Crippen LogP contribution in [-0.2, 0) is 19.7 Å². The van der Waals surface area contributed by atoms with Crippen LogP contribution in [0.4, 0.5) is 5.82 Å². The van der Waals surface area contributed by atoms with E-state index >= 15 is 0 Å². The van der Waals surface area contributed by atoms with E-state index in [9.17, 15) is 9.59 Å². The molecule has 7 heterocycles. The highest BCUT2D eigenvalue weighted by atomic mass is 35.5. The number of imide groups is 1. The fourth-order valence-electron chi connectivity index (χ4n) is 9.93. The van der Waals surface area contributed by atoms with Crippen LogP contribution in [-0.4, -0.2) is 73.1 Å². The highest BCUT2D eigenvalue weighted by Crippen LogP contribution is 2.38. The van der Waals surface area contributed by atoms with Crippen molar-refractivity contribution in [1.29, 1.82) is 0 Å². The average Bonchev–Trinajstić information content (AvgIpc) is 4.37. The van der Waals surface area contributed by atoms with Crippen LogP contribution in [0.2, 0.25) is 10.3 Å². The molecule has 5 N–H and O–H groups in total. The van der Waals surface area contributed by atoms with Crippen molar-refractivity contribution < 1.29 is 23.8 Å². The van der Waals surface area contributed by atoms with Gasteiger partial charge in [0.2, 0.25) is 0 Å². The summed E-state index contributed by atoms with van der Waals surface area (Å²) in [4.78, 5) is 42.3. The first-order valence-electron chi connectivity index (χ1n) is 25.8. The van der Waals surface area contributed by atoms with E-state index in [0.717, 1.165) is 121 Å². The van der Waals surface area contributed by atoms with E-state index in [1.807, 2.05) is 115 Å². The number of amides is 2. The van der Waals surface area contributed by atoms with Gasteiger partial charge in [0, 0.05) is 96.2 Å². The highest BCUT2D eigenvalue weighted by molar-refractivity contribution is 6.36. The Hall–Kier alpha value is -8.95. The van der Waals surface area contributed by atoms with Crippen molar-refractivity contribution in [2.75, 3.05) is 33.0 Å². The van der Waals surface area contributed by atoms with Crippen molar-refractivity contribution in [3.63, 3.8) is 0 Å². The summed E-state index contributed by atoms with van der Waals surface area (Å²) < 4.78 is 20.9. The van der Waals surface area contributed by atoms with Crippen molar-refractivity contribution in [2.24, 2.45) is 5.73 Å². The number of nitrogens with zero attached hydrogens (tertiary/aromatic N) is 6. The number of fused-ring (bicyclic) bond motifs is 4. The molecule has 2 amide bonds. The average molecular weight is 1090 g/mol. The van der Waals surface area contributed by atoms with Crippen LogP contribution in [0.5, 0.6) is 17.2 Å². The van der Waals surface area contributed by atoms with E-state index in [1.54, 1.807) is 57.1 Å². The fraction of sp³-hybridized carbons (Fsp3) is 0.159. The minimum absolute atomic E-state index is 0.193. The molecule has 0 fully saturated rings. The second-order valence-electron chi connectivity index (χ2n) is 18.7. The summed E-state index contributed by atoms with van der Waals surface area (Å²) in [5.41, 5.74) is 23.2. The van der Waals surface area contributed by atoms with Gasteiger partial charge in [-0.15, -0.1) is 0 Å². The van der Waals surface area contributed by atoms with E-state index in [-0.39, 0.29) is 11.8 Å². The molecule has 5 aromatic carbocycles. The summed E-state index contributed by atoms with van der Waals surface area (Å²) in [5, 5.41) is 3.78. The van der Waals surface area contributed by atoms with Crippen molar-refractivity contribution in [3.8, 4) is 50.6 Å². The minimum Gasteiger partial charge on any atom is -0.497 e. The third kappa shape index (κ3) is 11.7. The Labute approximate surface area is 467 Å². The lowest BCUT2D eigenvalue weighted by molar-refractivity contribution is 0.0651. The summed E-state index contributed by atoms with van der Waals surface area (Å²) in [7, 11) is 3.31. The molecule has 0 aliphatic carbocycles. The molecule has 0 bridgehead atoms. The Morgan fingerprint density at radius 1 is 0.532 bits per heavy atom. The number of aryl methyl sites for hydroxylation is 1. The van der Waals surface area contributed by atoms with Gasteiger partial charge in [-0.05, 0) is 108 Å². The first-order chi connectivity index (χ1) is 38.6. The summed E-state index contributed by atoms with van der Waals surface area (Å²) in [6.45, 7) is 3.08. The molecule has 6 aromatic heterocycles. The maximum absolute atomic E-state index is 12.5. The summed E-state index contributed by atoms with van der Waals surface area (Å²) >= 11 is 12.8. The number of pyridine rings is 3. The van der Waals surface area contributed by atoms with E-state index in [1.165, 1.54) is 4.90 Å². The molecule has 0 unspecified atom stereocenters. The van der Waals surface area contributed by atoms with Crippen LogP contribution >= 0.6 is 23.2 Å². The second-order valence-corrected chi connectivity index (χ2v) is 19.4. The summed E-state index contributed by atoms with van der Waals surface area (Å²) in [6, 6.07) is 46.8. The van der Waals surface area contributed by atoms with E-state index in [0.29, 0.717) is 46.9 Å². The zero-order valence-corrected chi connectivity index (χ0v) is 45.1. The predicted molar refractivity (Wildman–Crippen MR) is 315 cm³/mol. The number of nitrogens with one attached hydrogen (secondary N) is 1. The zero-order chi connectivity index (χ0) is 54.8. The number of nitrogens with two attached hydrogens (primary N) is 2. The summed E-state index contributed by atoms with van der Waals surface area (Å²) in [5.74, 6) is 2.57. The Morgan fingerprint density at radius 2 is 1.06 bits per heavy atom. The third-order valence-corrected chi connectivity index (χ3v) is 14.4. The number of aromatic nitrogens is 6. The number of halogens is 2. The quantitative estimate of drug-likeness (QED) is 0.0478. The number of hydrogen-bond acceptors (Lipinski definition) is 10. The molecule has 12 rings (SSSR count). The zero-order valence-electron chi connectivity index (χ0n) is 43.6. The number of aromatic amines is 1. The molecule has 398 valence electrons. The van der Waals surface area contributed by atoms with E-state index in [4.69, 9.17) is 48.9 Å². The van der Waals surface area contributed by atoms with Crippen LogP contribution in [0, 0.1) is 0 Å². The van der Waals surface area contributed by atoms with Crippen molar-refractivity contribution >= 4 is 73.5 Å². The molecule has 0 radical (unpaired) electrons. The third-order valence-electron chi connectivity index (χ3n) is 13.8. The lowest BCUT2D eigenvalue weighted by Crippen LogP contribution is -2.30. The molecule has 14 nitrogen and oxygen atoms in total. The van der Waals surface area contributed by atoms with Gasteiger partial charge in [0.25, 0.3) is 11.8 Å². The maximum Gasteiger partial charge on any atom is 0.261 e. The molecule has 1 aliphatic heterocycles. The van der Waals surface area contributed by atoms with Gasteiger partial charge in [-0.2, -0.15) is 0 Å². The number of rotatable bonds is 16. The molecule has 79 heavy (non-hydrogen) atoms. The van der Waals surface area contributed by atoms with Gasteiger partial charge >= 0.3 is 0 Å². The molecule has 0 saturated heterocycles. The summed E-state index contributed by atoms with van der Waals surface area (Å²) in [6.07, 6.45) is 13.8. The number of carbonyl (C=O) groups is 2. The van der Waals surface area contributed by atoms with Gasteiger partial charge in [0.1, 0.15) is 40.0 Å². The topological polar surface area (TPSA) is 181 Å². The van der Waals surface area contributed by atoms with Gasteiger partial charge in [-0.25, -0.2) is 15.0 Å². The number of hydrogen-bond donors (Lipinski definition) is 3. The second kappa shape index (κ2) is 24.6. The van der Waals surface area contributed by atoms with Crippen LogP contribution in [0.25, 0.3) is 66.1 Å². The monoisotopic (exact) mass is 1090 g/mol. The van der Waals surface area contributed by atoms with Gasteiger partial charge in [0.15, 0.2) is 0 Å². The lowest BCUT2D eigenvalue weighted by Gasteiger charge is -2.13. The number of carbonyl (C=O) groups excluding carboxylic acids is 2. The Balaban J connectivity index is 0.000000139. The van der Waals surface area contributed by atoms with E-state index in [2.05, 4.69) is 53.6 Å². The number of unbranched alkanes of at least 4 members (excludes halogenated alkanes) is 2. The maximum atomic E-state index is 12.5. The SMILES string of the molecule is COc1cccc(-c2cn(CCCCCN3C(=O)c4ccccc4C3=O)c3ccnc(Cl)c23)c1.COc1cccc(-c2cn(CCN)c3ccnc(N)c23)c1.Clc1nccc2[nH]cc(-c3cccc(OCc4ccccc4)c3)c12. The van der Waals surface area contributed by atoms with Crippen molar-refractivity contribution in [3.05, 3.63) is 210 Å². The highest BCUT2D eigenvalue weighted by Gasteiger charge is 2.34. The van der Waals surface area contributed by atoms with Gasteiger partial charge in [0.05, 0.1) is 41.9 Å². The molecule has 0 atom stereocenters. The number of nitrogen functional groups attached to an aromatic ring is 1. The number of H-pyrrole nitrogens is 1. The lowest BCUT2D eigenvalue weighted by atomic mass is 10.1. The Bertz CT molecular complexity index is 3910. The predicted octanol–water partition coefficient (Wildman–Crippen LogP) is 13.5. The smallest absolute Gasteiger partial charge is 0.261 e. The first kappa shape index (κ1) is 53.4. The Morgan fingerprint density at radius 3 is 1.71 bits per heavy atom. The number of benzene rings is 5. The van der Waals surface area contributed by atoms with Crippen molar-refractivity contribution in [1.82, 2.24) is 34.0 Å². The largest absolute Gasteiger partial charge is 0.497 e. The first-order valence-corrected chi connectivity index (χ1v) is 26.6. The molecular weight excluding hydrogens is 1030 g/mol. The number of ether oxygens (including phenoxy) is 3. The van der Waals surface area contributed by atoms with Gasteiger partial charge < -0.3 is 39.8 Å². The molecule has 16 heteroatoms. The standard InChI is InChI=1S/C27H24ClN3O3.C20H15ClN2O.C16H18N4O/c1-34-19-9-7-8-18(16-19)22-17-30(23-12-13-29-25(28)24(22)23)14-5-2-6-15-31-26(32)20-10-3-4-11-21(20)27(31)33;21-20-19-17(12-23-18(19)9-10-22-20)15-7-4-8-16(11-15)24-13-14-5-2-1-3-6-14;1-21-12-4-2-3-11(9-12)13-10-20(8-6-17)14-5-7-19-16(18)15(13)14/h3-4,7-13,16-17H,2,5-6,14-15H2,1H3;1-12,23H,13H2;2-5,7,9-10H,6,8,17H2,1H3,(H2,18,19). The van der Waals surface area contributed by atoms with Crippen LogP contribution in [0.15, 0.2) is 183 Å². The fourth-order valence-corrected chi connectivity index (χ4v) is 10.4. The molecule has 0 spiro atoms. The molecule has 0 saturated carbocycles. The van der Waals surface area contributed by atoms with Gasteiger partial charge in [-0.1, -0.05) is 102 Å². The van der Waals surface area contributed by atoms with Crippen molar-refractivity contribution in [2.45, 2.75) is 39.0 Å². The molecule has 1 aliphatic rings.